The van der Waals surface area contributed by atoms with Gasteiger partial charge in [-0.2, -0.15) is 0 Å². The Morgan fingerprint density at radius 1 is 0.913 bits per heavy atom. The van der Waals surface area contributed by atoms with Crippen LogP contribution in [-0.4, -0.2) is 6.54 Å². The van der Waals surface area contributed by atoms with E-state index in [1.165, 1.54) is 12.1 Å². The van der Waals surface area contributed by atoms with Gasteiger partial charge >= 0.3 is 0 Å². The molecule has 23 heavy (non-hydrogen) atoms. The molecule has 0 aliphatic rings. The number of quaternary nitrogens is 1. The molecule has 0 bridgehead atoms. The topological polar surface area (TPSA) is 29.8 Å². The van der Waals surface area contributed by atoms with Crippen LogP contribution in [0.2, 0.25) is 5.02 Å². The Bertz CT molecular complexity index is 750. The molecule has 118 valence electrons. The molecule has 0 amide bonds. The lowest BCUT2D eigenvalue weighted by Crippen LogP contribution is -2.83. The van der Waals surface area contributed by atoms with Crippen LogP contribution in [0.5, 0.6) is 0 Å². The lowest BCUT2D eigenvalue weighted by atomic mass is 10.1. The molecular formula is C19H18ClFNO+. The van der Waals surface area contributed by atoms with Crippen molar-refractivity contribution in [1.29, 1.82) is 0 Å². The monoisotopic (exact) mass is 330 g/mol. The largest absolute Gasteiger partial charge is 0.455 e. The SMILES string of the molecule is Fc1ccc(CC[NH2+]Cc2ccc(-c3ccc(Cl)cc3)o2)cc1. The first-order chi connectivity index (χ1) is 11.2. The molecule has 0 fully saturated rings. The van der Waals surface area contributed by atoms with Gasteiger partial charge in [-0.05, 0) is 54.1 Å². The molecule has 0 saturated heterocycles. The molecule has 1 heterocycles. The van der Waals surface area contributed by atoms with E-state index in [-0.39, 0.29) is 5.82 Å². The molecule has 2 nitrogen and oxygen atoms in total. The maximum atomic E-state index is 12.8. The van der Waals surface area contributed by atoms with Gasteiger partial charge in [-0.1, -0.05) is 23.7 Å². The number of benzene rings is 2. The van der Waals surface area contributed by atoms with Crippen molar-refractivity contribution >= 4 is 11.6 Å². The van der Waals surface area contributed by atoms with Gasteiger partial charge in [-0.15, -0.1) is 0 Å². The Kier molecular flexibility index (Phi) is 5.11. The van der Waals surface area contributed by atoms with Gasteiger partial charge in [0.05, 0.1) is 6.54 Å². The lowest BCUT2D eigenvalue weighted by molar-refractivity contribution is -0.671. The van der Waals surface area contributed by atoms with Crippen molar-refractivity contribution in [1.82, 2.24) is 0 Å². The summed E-state index contributed by atoms with van der Waals surface area (Å²) in [5.74, 6) is 1.60. The first-order valence-electron chi connectivity index (χ1n) is 7.61. The second-order valence-corrected chi connectivity index (χ2v) is 5.87. The quantitative estimate of drug-likeness (QED) is 0.679. The Morgan fingerprint density at radius 2 is 1.65 bits per heavy atom. The van der Waals surface area contributed by atoms with Crippen molar-refractivity contribution < 1.29 is 14.1 Å². The van der Waals surface area contributed by atoms with Gasteiger partial charge in [0.25, 0.3) is 0 Å². The van der Waals surface area contributed by atoms with Crippen molar-refractivity contribution in [2.75, 3.05) is 6.54 Å². The van der Waals surface area contributed by atoms with Crippen molar-refractivity contribution in [3.63, 3.8) is 0 Å². The van der Waals surface area contributed by atoms with E-state index in [4.69, 9.17) is 16.0 Å². The molecule has 0 radical (unpaired) electrons. The number of halogens is 2. The summed E-state index contributed by atoms with van der Waals surface area (Å²) in [6, 6.07) is 18.2. The van der Waals surface area contributed by atoms with Crippen molar-refractivity contribution in [3.05, 3.63) is 82.8 Å². The molecule has 3 aromatic rings. The summed E-state index contributed by atoms with van der Waals surface area (Å²) < 4.78 is 18.7. The summed E-state index contributed by atoms with van der Waals surface area (Å²) in [5, 5.41) is 2.91. The van der Waals surface area contributed by atoms with Gasteiger partial charge in [0.2, 0.25) is 0 Å². The number of furan rings is 1. The first kappa shape index (κ1) is 15.8. The molecule has 0 spiro atoms. The van der Waals surface area contributed by atoms with Crippen LogP contribution in [0, 0.1) is 5.82 Å². The lowest BCUT2D eigenvalue weighted by Gasteiger charge is -2.01. The van der Waals surface area contributed by atoms with E-state index in [1.54, 1.807) is 0 Å². The average Bonchev–Trinajstić information content (AvgIpc) is 3.03. The molecule has 0 aliphatic carbocycles. The highest BCUT2D eigenvalue weighted by Gasteiger charge is 2.06. The van der Waals surface area contributed by atoms with Crippen LogP contribution < -0.4 is 5.32 Å². The van der Waals surface area contributed by atoms with E-state index >= 15 is 0 Å². The van der Waals surface area contributed by atoms with Crippen LogP contribution in [0.4, 0.5) is 4.39 Å². The molecule has 0 saturated carbocycles. The summed E-state index contributed by atoms with van der Waals surface area (Å²) in [7, 11) is 0. The minimum absolute atomic E-state index is 0.192. The van der Waals surface area contributed by atoms with E-state index in [9.17, 15) is 4.39 Å². The second-order valence-electron chi connectivity index (χ2n) is 5.43. The standard InChI is InChI=1S/C19H17ClFNO/c20-16-5-3-15(4-6-16)19-10-9-18(23-19)13-22-12-11-14-1-7-17(21)8-2-14/h1-10,22H,11-13H2/p+1. The van der Waals surface area contributed by atoms with Crippen molar-refractivity contribution in [2.24, 2.45) is 0 Å². The fourth-order valence-electron chi connectivity index (χ4n) is 2.42. The zero-order valence-electron chi connectivity index (χ0n) is 12.6. The smallest absolute Gasteiger partial charge is 0.158 e. The molecule has 0 atom stereocenters. The van der Waals surface area contributed by atoms with Gasteiger partial charge in [0, 0.05) is 17.0 Å². The highest BCUT2D eigenvalue weighted by atomic mass is 35.5. The maximum absolute atomic E-state index is 12.8. The van der Waals surface area contributed by atoms with Crippen LogP contribution in [0.25, 0.3) is 11.3 Å². The molecule has 3 rings (SSSR count). The van der Waals surface area contributed by atoms with Crippen LogP contribution in [0.3, 0.4) is 0 Å². The predicted octanol–water partition coefficient (Wildman–Crippen LogP) is 4.05. The molecule has 0 aliphatic heterocycles. The highest BCUT2D eigenvalue weighted by Crippen LogP contribution is 2.23. The molecule has 1 aromatic heterocycles. The van der Waals surface area contributed by atoms with Crippen LogP contribution in [0.1, 0.15) is 11.3 Å². The van der Waals surface area contributed by atoms with E-state index in [0.29, 0.717) is 0 Å². The zero-order chi connectivity index (χ0) is 16.1. The van der Waals surface area contributed by atoms with Crippen LogP contribution in [0.15, 0.2) is 65.1 Å². The minimum Gasteiger partial charge on any atom is -0.455 e. The Hall–Kier alpha value is -2.10. The van der Waals surface area contributed by atoms with Gasteiger partial charge in [-0.3, -0.25) is 0 Å². The number of hydrogen-bond donors (Lipinski definition) is 1. The third-order valence-corrected chi connectivity index (χ3v) is 3.94. The fraction of sp³-hybridized carbons (Fsp3) is 0.158. The van der Waals surface area contributed by atoms with Crippen LogP contribution in [-0.2, 0) is 13.0 Å². The zero-order valence-corrected chi connectivity index (χ0v) is 13.4. The van der Waals surface area contributed by atoms with Crippen molar-refractivity contribution in [3.8, 4) is 11.3 Å². The third kappa shape index (κ3) is 4.44. The summed E-state index contributed by atoms with van der Waals surface area (Å²) in [6.45, 7) is 1.72. The van der Waals surface area contributed by atoms with Gasteiger partial charge in [0.1, 0.15) is 18.1 Å². The van der Waals surface area contributed by atoms with E-state index in [2.05, 4.69) is 5.32 Å². The average molecular weight is 331 g/mol. The first-order valence-corrected chi connectivity index (χ1v) is 7.99. The predicted molar refractivity (Wildman–Crippen MR) is 89.8 cm³/mol. The number of nitrogens with two attached hydrogens (primary N) is 1. The second kappa shape index (κ2) is 7.44. The van der Waals surface area contributed by atoms with Gasteiger partial charge in [0.15, 0.2) is 5.76 Å². The number of rotatable bonds is 6. The van der Waals surface area contributed by atoms with Crippen LogP contribution >= 0.6 is 11.6 Å². The molecule has 0 unspecified atom stereocenters. The Morgan fingerprint density at radius 3 is 2.39 bits per heavy atom. The summed E-state index contributed by atoms with van der Waals surface area (Å²) in [6.07, 6.45) is 0.908. The molecule has 2 aromatic carbocycles. The fourth-order valence-corrected chi connectivity index (χ4v) is 2.55. The molecule has 2 N–H and O–H groups in total. The summed E-state index contributed by atoms with van der Waals surface area (Å²) in [5.41, 5.74) is 2.16. The third-order valence-electron chi connectivity index (χ3n) is 3.69. The highest BCUT2D eigenvalue weighted by molar-refractivity contribution is 6.30. The molecule has 4 heteroatoms. The van der Waals surface area contributed by atoms with Gasteiger partial charge in [-0.25, -0.2) is 4.39 Å². The van der Waals surface area contributed by atoms with Crippen molar-refractivity contribution in [2.45, 2.75) is 13.0 Å². The van der Waals surface area contributed by atoms with E-state index in [1.807, 2.05) is 48.5 Å². The molecular weight excluding hydrogens is 313 g/mol. The normalized spacial score (nSPS) is 10.9. The Labute approximate surface area is 139 Å². The minimum atomic E-state index is -0.192. The maximum Gasteiger partial charge on any atom is 0.158 e. The summed E-state index contributed by atoms with van der Waals surface area (Å²) >= 11 is 5.89. The Balaban J connectivity index is 1.49. The summed E-state index contributed by atoms with van der Waals surface area (Å²) in [4.78, 5) is 0. The van der Waals surface area contributed by atoms with E-state index in [0.717, 1.165) is 47.2 Å². The van der Waals surface area contributed by atoms with E-state index < -0.39 is 0 Å². The van der Waals surface area contributed by atoms with Gasteiger partial charge < -0.3 is 9.73 Å². The number of hydrogen-bond acceptors (Lipinski definition) is 1.